The molecule has 0 radical (unpaired) electrons. The normalized spacial score (nSPS) is 20.5. The van der Waals surface area contributed by atoms with Crippen LogP contribution in [-0.4, -0.2) is 16.7 Å². The van der Waals surface area contributed by atoms with E-state index >= 15 is 0 Å². The molecular weight excluding hydrogens is 216 g/mol. The number of aliphatic hydroxyl groups is 1. The second-order valence-corrected chi connectivity index (χ2v) is 4.32. The van der Waals surface area contributed by atoms with Crippen LogP contribution >= 0.6 is 0 Å². The molecule has 3 nitrogen and oxygen atoms in total. The number of carbonyl (C=O) groups is 2. The van der Waals surface area contributed by atoms with Gasteiger partial charge in [-0.15, -0.1) is 0 Å². The molecule has 1 aliphatic rings. The molecule has 1 aliphatic carbocycles. The van der Waals surface area contributed by atoms with Crippen LogP contribution < -0.4 is 0 Å². The highest BCUT2D eigenvalue weighted by Crippen LogP contribution is 2.33. The molecule has 0 aliphatic heterocycles. The molecule has 88 valence electrons. The van der Waals surface area contributed by atoms with E-state index in [0.29, 0.717) is 12.8 Å². The number of benzene rings is 1. The van der Waals surface area contributed by atoms with Crippen molar-refractivity contribution in [2.75, 3.05) is 0 Å². The Bertz CT molecular complexity index is 485. The number of Topliss-reactive ketones (excluding diaryl/α,β-unsaturated/α-hetero) is 2. The quantitative estimate of drug-likeness (QED) is 0.794. The molecule has 1 aromatic rings. The fourth-order valence-corrected chi connectivity index (χ4v) is 2.25. The summed E-state index contributed by atoms with van der Waals surface area (Å²) >= 11 is 0. The van der Waals surface area contributed by atoms with Crippen molar-refractivity contribution >= 4 is 11.6 Å². The summed E-state index contributed by atoms with van der Waals surface area (Å²) < 4.78 is 0. The Morgan fingerprint density at radius 1 is 1.24 bits per heavy atom. The minimum atomic E-state index is -0.348. The Morgan fingerprint density at radius 3 is 2.41 bits per heavy atom. The van der Waals surface area contributed by atoms with Gasteiger partial charge in [0, 0.05) is 12.8 Å². The summed E-state index contributed by atoms with van der Waals surface area (Å²) in [7, 11) is 0. The lowest BCUT2D eigenvalue weighted by atomic mass is 9.82. The summed E-state index contributed by atoms with van der Waals surface area (Å²) in [6.45, 7) is 1.31. The lowest BCUT2D eigenvalue weighted by molar-refractivity contribution is -0.121. The molecule has 1 atom stereocenters. The molecule has 0 spiro atoms. The van der Waals surface area contributed by atoms with E-state index in [0.717, 1.165) is 5.56 Å². The van der Waals surface area contributed by atoms with E-state index in [1.54, 1.807) is 0 Å². The first-order valence-corrected chi connectivity index (χ1v) is 5.60. The molecule has 2 rings (SSSR count). The van der Waals surface area contributed by atoms with Crippen LogP contribution in [0.2, 0.25) is 0 Å². The molecule has 0 saturated heterocycles. The average Bonchev–Trinajstić information content (AvgIpc) is 2.28. The van der Waals surface area contributed by atoms with Crippen LogP contribution in [0.4, 0.5) is 0 Å². The van der Waals surface area contributed by atoms with Crippen LogP contribution in [0.25, 0.3) is 0 Å². The van der Waals surface area contributed by atoms with Gasteiger partial charge in [0.15, 0.2) is 11.6 Å². The fraction of sp³-hybridized carbons (Fsp3) is 0.286. The standard InChI is InChI=1S/C14H14O3/c1-9(15)14-12(16)7-11(8-13(14)17)10-5-3-2-4-6-10/h2-6,11,16H,7-8H2,1H3. The van der Waals surface area contributed by atoms with Crippen LogP contribution in [0, 0.1) is 0 Å². The third-order valence-corrected chi connectivity index (χ3v) is 3.06. The maximum atomic E-state index is 11.8. The van der Waals surface area contributed by atoms with Gasteiger partial charge in [0.1, 0.15) is 5.76 Å². The summed E-state index contributed by atoms with van der Waals surface area (Å²) in [5.41, 5.74) is 1.01. The minimum Gasteiger partial charge on any atom is -0.511 e. The van der Waals surface area contributed by atoms with Gasteiger partial charge in [-0.3, -0.25) is 9.59 Å². The zero-order valence-corrected chi connectivity index (χ0v) is 9.64. The first-order chi connectivity index (χ1) is 8.09. The third kappa shape index (κ3) is 2.28. The number of ketones is 2. The summed E-state index contributed by atoms with van der Waals surface area (Å²) in [5, 5.41) is 9.78. The molecule has 0 fully saturated rings. The topological polar surface area (TPSA) is 54.4 Å². The summed E-state index contributed by atoms with van der Waals surface area (Å²) in [5.74, 6) is -0.691. The van der Waals surface area contributed by atoms with Gasteiger partial charge in [0.25, 0.3) is 0 Å². The van der Waals surface area contributed by atoms with Crippen LogP contribution in [0.15, 0.2) is 41.7 Å². The Hall–Kier alpha value is -1.90. The van der Waals surface area contributed by atoms with E-state index in [-0.39, 0.29) is 28.8 Å². The van der Waals surface area contributed by atoms with Gasteiger partial charge in [-0.25, -0.2) is 0 Å². The minimum absolute atomic E-state index is 0.0165. The Balaban J connectivity index is 2.30. The first-order valence-electron chi connectivity index (χ1n) is 5.60. The molecule has 0 saturated carbocycles. The van der Waals surface area contributed by atoms with Crippen LogP contribution in [-0.2, 0) is 9.59 Å². The van der Waals surface area contributed by atoms with Gasteiger partial charge in [-0.2, -0.15) is 0 Å². The number of hydrogen-bond donors (Lipinski definition) is 1. The van der Waals surface area contributed by atoms with Crippen molar-refractivity contribution < 1.29 is 14.7 Å². The first kappa shape index (κ1) is 11.6. The zero-order chi connectivity index (χ0) is 12.4. The van der Waals surface area contributed by atoms with Gasteiger partial charge in [-0.05, 0) is 18.4 Å². The van der Waals surface area contributed by atoms with Gasteiger partial charge in [-0.1, -0.05) is 30.3 Å². The fourth-order valence-electron chi connectivity index (χ4n) is 2.25. The highest BCUT2D eigenvalue weighted by molar-refractivity contribution is 6.20. The summed E-state index contributed by atoms with van der Waals surface area (Å²) in [4.78, 5) is 23.0. The van der Waals surface area contributed by atoms with Gasteiger partial charge in [0.2, 0.25) is 0 Å². The molecule has 0 heterocycles. The maximum Gasteiger partial charge on any atom is 0.170 e. The van der Waals surface area contributed by atoms with Crippen molar-refractivity contribution in [1.82, 2.24) is 0 Å². The molecule has 1 N–H and O–H groups in total. The van der Waals surface area contributed by atoms with Crippen molar-refractivity contribution in [3.8, 4) is 0 Å². The predicted molar refractivity (Wildman–Crippen MR) is 63.8 cm³/mol. The number of allylic oxidation sites excluding steroid dienone is 2. The SMILES string of the molecule is CC(=O)C1=C(O)CC(c2ccccc2)CC1=O. The van der Waals surface area contributed by atoms with Crippen molar-refractivity contribution in [3.05, 3.63) is 47.2 Å². The monoisotopic (exact) mass is 230 g/mol. The van der Waals surface area contributed by atoms with E-state index < -0.39 is 0 Å². The van der Waals surface area contributed by atoms with E-state index in [9.17, 15) is 14.7 Å². The van der Waals surface area contributed by atoms with Gasteiger partial charge >= 0.3 is 0 Å². The molecule has 3 heteroatoms. The molecule has 0 amide bonds. The lowest BCUT2D eigenvalue weighted by Crippen LogP contribution is -2.22. The van der Waals surface area contributed by atoms with E-state index in [2.05, 4.69) is 0 Å². The third-order valence-electron chi connectivity index (χ3n) is 3.06. The zero-order valence-electron chi connectivity index (χ0n) is 9.64. The Morgan fingerprint density at radius 2 is 1.88 bits per heavy atom. The van der Waals surface area contributed by atoms with Crippen molar-refractivity contribution in [2.24, 2.45) is 0 Å². The molecule has 1 aromatic carbocycles. The molecule has 0 aromatic heterocycles. The van der Waals surface area contributed by atoms with Crippen LogP contribution in [0.5, 0.6) is 0 Å². The lowest BCUT2D eigenvalue weighted by Gasteiger charge is -2.22. The molecular formula is C14H14O3. The Kier molecular flexibility index (Phi) is 3.09. The number of carbonyl (C=O) groups excluding carboxylic acids is 2. The molecule has 17 heavy (non-hydrogen) atoms. The number of rotatable bonds is 2. The van der Waals surface area contributed by atoms with Gasteiger partial charge < -0.3 is 5.11 Å². The predicted octanol–water partition coefficient (Wildman–Crippen LogP) is 2.53. The highest BCUT2D eigenvalue weighted by Gasteiger charge is 2.30. The molecule has 1 unspecified atom stereocenters. The number of hydrogen-bond acceptors (Lipinski definition) is 3. The second-order valence-electron chi connectivity index (χ2n) is 4.32. The van der Waals surface area contributed by atoms with Gasteiger partial charge in [0.05, 0.1) is 5.57 Å². The summed E-state index contributed by atoms with van der Waals surface area (Å²) in [6, 6.07) is 9.58. The summed E-state index contributed by atoms with van der Waals surface area (Å²) in [6.07, 6.45) is 0.660. The van der Waals surface area contributed by atoms with Crippen molar-refractivity contribution in [2.45, 2.75) is 25.7 Å². The molecule has 0 bridgehead atoms. The van der Waals surface area contributed by atoms with Crippen molar-refractivity contribution in [3.63, 3.8) is 0 Å². The van der Waals surface area contributed by atoms with Crippen LogP contribution in [0.3, 0.4) is 0 Å². The Labute approximate surface area is 99.8 Å². The van der Waals surface area contributed by atoms with E-state index in [1.807, 2.05) is 30.3 Å². The largest absolute Gasteiger partial charge is 0.511 e. The average molecular weight is 230 g/mol. The van der Waals surface area contributed by atoms with E-state index in [1.165, 1.54) is 6.92 Å². The maximum absolute atomic E-state index is 11.8. The van der Waals surface area contributed by atoms with E-state index in [4.69, 9.17) is 0 Å². The van der Waals surface area contributed by atoms with Crippen LogP contribution in [0.1, 0.15) is 31.2 Å². The highest BCUT2D eigenvalue weighted by atomic mass is 16.3. The second kappa shape index (κ2) is 4.53. The smallest absolute Gasteiger partial charge is 0.170 e. The number of aliphatic hydroxyl groups excluding tert-OH is 1. The van der Waals surface area contributed by atoms with Crippen molar-refractivity contribution in [1.29, 1.82) is 0 Å².